The van der Waals surface area contributed by atoms with Crippen molar-refractivity contribution in [2.45, 2.75) is 33.5 Å². The van der Waals surface area contributed by atoms with E-state index in [2.05, 4.69) is 4.98 Å². The highest BCUT2D eigenvalue weighted by molar-refractivity contribution is 5.96. The molecule has 3 aromatic carbocycles. The first-order valence-electron chi connectivity index (χ1n) is 13.2. The van der Waals surface area contributed by atoms with Crippen LogP contribution in [0.15, 0.2) is 77.6 Å². The fourth-order valence-electron chi connectivity index (χ4n) is 5.06. The second-order valence-corrected chi connectivity index (χ2v) is 10.0. The first-order chi connectivity index (χ1) is 20.0. The summed E-state index contributed by atoms with van der Waals surface area (Å²) >= 11 is 0. The maximum absolute atomic E-state index is 14.0. The Hall–Kier alpha value is -5.10. The molecule has 212 valence electrons. The SMILES string of the molecule is CCOC(=O)c1cc2cc(-c3cccc(-c4cc(C(F)(F)F)c(C#N)c(=O)n4Cc4ccc(C)cc4C)c3)ccc2[nH]1. The van der Waals surface area contributed by atoms with Crippen LogP contribution in [0.3, 0.4) is 0 Å². The molecule has 6 nitrogen and oxygen atoms in total. The number of alkyl halides is 3. The Morgan fingerprint density at radius 3 is 2.40 bits per heavy atom. The molecule has 0 fully saturated rings. The number of hydrogen-bond donors (Lipinski definition) is 1. The van der Waals surface area contributed by atoms with Crippen LogP contribution in [0.2, 0.25) is 0 Å². The molecule has 9 heteroatoms. The number of ether oxygens (including phenoxy) is 1. The molecule has 0 aliphatic heterocycles. The number of benzene rings is 3. The minimum absolute atomic E-state index is 0.0106. The quantitative estimate of drug-likeness (QED) is 0.216. The number of H-pyrrole nitrogens is 1. The zero-order valence-corrected chi connectivity index (χ0v) is 23.1. The maximum atomic E-state index is 14.0. The summed E-state index contributed by atoms with van der Waals surface area (Å²) in [6.45, 7) is 5.75. The van der Waals surface area contributed by atoms with Gasteiger partial charge in [-0.2, -0.15) is 18.4 Å². The number of aromatic amines is 1. The van der Waals surface area contributed by atoms with E-state index in [0.29, 0.717) is 16.8 Å². The molecule has 42 heavy (non-hydrogen) atoms. The summed E-state index contributed by atoms with van der Waals surface area (Å²) in [5, 5.41) is 10.3. The van der Waals surface area contributed by atoms with E-state index < -0.39 is 28.8 Å². The normalized spacial score (nSPS) is 11.5. The third-order valence-electron chi connectivity index (χ3n) is 7.15. The van der Waals surface area contributed by atoms with Crippen LogP contribution >= 0.6 is 0 Å². The Labute approximate surface area is 239 Å². The summed E-state index contributed by atoms with van der Waals surface area (Å²) in [6.07, 6.45) is -4.90. The first kappa shape index (κ1) is 28.4. The van der Waals surface area contributed by atoms with Crippen molar-refractivity contribution < 1.29 is 22.7 Å². The van der Waals surface area contributed by atoms with Gasteiger partial charge in [0.1, 0.15) is 17.3 Å². The van der Waals surface area contributed by atoms with Crippen molar-refractivity contribution in [3.05, 3.63) is 117 Å². The van der Waals surface area contributed by atoms with E-state index in [1.807, 2.05) is 50.2 Å². The van der Waals surface area contributed by atoms with Crippen LogP contribution in [0.5, 0.6) is 0 Å². The number of aryl methyl sites for hydroxylation is 2. The maximum Gasteiger partial charge on any atom is 0.417 e. The minimum atomic E-state index is -4.90. The molecule has 0 atom stereocenters. The van der Waals surface area contributed by atoms with E-state index >= 15 is 0 Å². The Bertz CT molecular complexity index is 1940. The van der Waals surface area contributed by atoms with Crippen molar-refractivity contribution in [1.82, 2.24) is 9.55 Å². The lowest BCUT2D eigenvalue weighted by atomic mass is 9.98. The molecule has 0 unspecified atom stereocenters. The average molecular weight is 570 g/mol. The smallest absolute Gasteiger partial charge is 0.417 e. The molecular weight excluding hydrogens is 543 g/mol. The van der Waals surface area contributed by atoms with E-state index in [0.717, 1.165) is 39.2 Å². The van der Waals surface area contributed by atoms with Crippen molar-refractivity contribution in [1.29, 1.82) is 5.26 Å². The molecule has 0 amide bonds. The molecule has 5 rings (SSSR count). The Balaban J connectivity index is 1.66. The molecule has 0 radical (unpaired) electrons. The first-order valence-corrected chi connectivity index (χ1v) is 13.2. The lowest BCUT2D eigenvalue weighted by Gasteiger charge is -2.19. The van der Waals surface area contributed by atoms with Gasteiger partial charge in [-0.1, -0.05) is 48.0 Å². The summed E-state index contributed by atoms with van der Waals surface area (Å²) in [5.74, 6) is -0.472. The number of hydrogen-bond acceptors (Lipinski definition) is 4. The number of nitriles is 1. The van der Waals surface area contributed by atoms with Gasteiger partial charge in [0.15, 0.2) is 0 Å². The van der Waals surface area contributed by atoms with Crippen molar-refractivity contribution >= 4 is 16.9 Å². The van der Waals surface area contributed by atoms with E-state index in [9.17, 15) is 28.0 Å². The van der Waals surface area contributed by atoms with Crippen LogP contribution < -0.4 is 5.56 Å². The zero-order chi connectivity index (χ0) is 30.2. The molecule has 1 N–H and O–H groups in total. The summed E-state index contributed by atoms with van der Waals surface area (Å²) < 4.78 is 48.4. The average Bonchev–Trinajstić information content (AvgIpc) is 3.38. The molecule has 0 spiro atoms. The van der Waals surface area contributed by atoms with E-state index in [1.54, 1.807) is 37.3 Å². The highest BCUT2D eigenvalue weighted by Crippen LogP contribution is 2.35. The molecule has 2 aromatic heterocycles. The van der Waals surface area contributed by atoms with E-state index in [4.69, 9.17) is 4.74 Å². The second kappa shape index (κ2) is 11.1. The van der Waals surface area contributed by atoms with Crippen LogP contribution in [0.4, 0.5) is 13.2 Å². The monoisotopic (exact) mass is 569 g/mol. The van der Waals surface area contributed by atoms with Crippen molar-refractivity contribution in [2.24, 2.45) is 0 Å². The standard InChI is InChI=1S/C33H26F3N3O3/c1-4-42-32(41)29-15-25-14-22(10-11-28(25)38-29)21-6-5-7-23(13-21)30-16-27(33(34,35)36)26(17-37)31(40)39(30)18-24-9-8-19(2)12-20(24)3/h5-16,38H,4,18H2,1-3H3. The van der Waals surface area contributed by atoms with Crippen LogP contribution in [0.1, 0.15) is 45.2 Å². The van der Waals surface area contributed by atoms with Gasteiger partial charge in [-0.05, 0) is 78.9 Å². The summed E-state index contributed by atoms with van der Waals surface area (Å²) in [6, 6.07) is 22.0. The summed E-state index contributed by atoms with van der Waals surface area (Å²) in [4.78, 5) is 28.6. The lowest BCUT2D eigenvalue weighted by molar-refractivity contribution is -0.137. The van der Waals surface area contributed by atoms with Crippen LogP contribution in [-0.2, 0) is 17.5 Å². The highest BCUT2D eigenvalue weighted by Gasteiger charge is 2.36. The van der Waals surface area contributed by atoms with Gasteiger partial charge >= 0.3 is 12.1 Å². The van der Waals surface area contributed by atoms with Crippen molar-refractivity contribution in [3.8, 4) is 28.5 Å². The molecule has 0 bridgehead atoms. The van der Waals surface area contributed by atoms with Crippen LogP contribution in [0.25, 0.3) is 33.3 Å². The number of nitrogens with one attached hydrogen (secondary N) is 1. The summed E-state index contributed by atoms with van der Waals surface area (Å²) in [7, 11) is 0. The second-order valence-electron chi connectivity index (χ2n) is 10.0. The number of nitrogens with zero attached hydrogens (tertiary/aromatic N) is 2. The van der Waals surface area contributed by atoms with Gasteiger partial charge in [-0.15, -0.1) is 0 Å². The number of carbonyl (C=O) groups is 1. The largest absolute Gasteiger partial charge is 0.461 e. The van der Waals surface area contributed by atoms with Crippen molar-refractivity contribution in [2.75, 3.05) is 6.61 Å². The van der Waals surface area contributed by atoms with Gasteiger partial charge in [0.05, 0.1) is 24.4 Å². The van der Waals surface area contributed by atoms with Gasteiger partial charge in [-0.25, -0.2) is 4.79 Å². The number of rotatable bonds is 6. The van der Waals surface area contributed by atoms with Crippen LogP contribution in [0, 0.1) is 25.2 Å². The number of pyridine rings is 1. The Kier molecular flexibility index (Phi) is 7.48. The molecule has 0 aliphatic carbocycles. The van der Waals surface area contributed by atoms with Crippen LogP contribution in [-0.4, -0.2) is 22.1 Å². The Morgan fingerprint density at radius 1 is 0.976 bits per heavy atom. The van der Waals surface area contributed by atoms with Gasteiger partial charge < -0.3 is 14.3 Å². The fraction of sp³-hybridized carbons (Fsp3) is 0.182. The Morgan fingerprint density at radius 2 is 1.71 bits per heavy atom. The topological polar surface area (TPSA) is 87.9 Å². The molecule has 0 saturated heterocycles. The molecule has 2 heterocycles. The molecular formula is C33H26F3N3O3. The third kappa shape index (κ3) is 5.44. The lowest BCUT2D eigenvalue weighted by Crippen LogP contribution is -2.29. The predicted octanol–water partition coefficient (Wildman–Crippen LogP) is 7.40. The van der Waals surface area contributed by atoms with Gasteiger partial charge in [0.25, 0.3) is 5.56 Å². The van der Waals surface area contributed by atoms with Gasteiger partial charge in [0, 0.05) is 10.9 Å². The van der Waals surface area contributed by atoms with E-state index in [1.165, 1.54) is 10.6 Å². The van der Waals surface area contributed by atoms with Gasteiger partial charge in [-0.3, -0.25) is 4.79 Å². The van der Waals surface area contributed by atoms with Crippen molar-refractivity contribution in [3.63, 3.8) is 0 Å². The number of aromatic nitrogens is 2. The number of carbonyl (C=O) groups excluding carboxylic acids is 1. The fourth-order valence-corrected chi connectivity index (χ4v) is 5.06. The highest BCUT2D eigenvalue weighted by atomic mass is 19.4. The minimum Gasteiger partial charge on any atom is -0.461 e. The molecule has 5 aromatic rings. The molecule has 0 aliphatic rings. The summed E-state index contributed by atoms with van der Waals surface area (Å²) in [5.41, 5.74) is 2.32. The van der Waals surface area contributed by atoms with Gasteiger partial charge in [0.2, 0.25) is 0 Å². The number of esters is 1. The molecule has 0 saturated carbocycles. The number of halogens is 3. The van der Waals surface area contributed by atoms with E-state index in [-0.39, 0.29) is 18.8 Å². The predicted molar refractivity (Wildman–Crippen MR) is 154 cm³/mol. The zero-order valence-electron chi connectivity index (χ0n) is 23.1. The number of fused-ring (bicyclic) bond motifs is 1. The third-order valence-corrected chi connectivity index (χ3v) is 7.15.